The van der Waals surface area contributed by atoms with Crippen LogP contribution in [0.1, 0.15) is 29.7 Å². The van der Waals surface area contributed by atoms with Crippen molar-refractivity contribution in [3.63, 3.8) is 0 Å². The number of methoxy groups -OCH3 is 1. The molecule has 0 unspecified atom stereocenters. The molecule has 3 aromatic carbocycles. The highest BCUT2D eigenvalue weighted by Gasteiger charge is 2.26. The molecule has 0 aliphatic rings. The summed E-state index contributed by atoms with van der Waals surface area (Å²) < 4.78 is 34.8. The quantitative estimate of drug-likeness (QED) is 0.600. The first-order chi connectivity index (χ1) is 14.3. The van der Waals surface area contributed by atoms with Crippen LogP contribution < -0.4 is 14.8 Å². The predicted molar refractivity (Wildman–Crippen MR) is 117 cm³/mol. The minimum atomic E-state index is -3.99. The van der Waals surface area contributed by atoms with Gasteiger partial charge in [-0.15, -0.1) is 0 Å². The first kappa shape index (κ1) is 21.5. The van der Waals surface area contributed by atoms with Crippen molar-refractivity contribution in [3.8, 4) is 5.75 Å². The highest BCUT2D eigenvalue weighted by molar-refractivity contribution is 7.89. The van der Waals surface area contributed by atoms with E-state index in [1.807, 2.05) is 61.5 Å². The second-order valence-electron chi connectivity index (χ2n) is 6.92. The fraction of sp³-hybridized carbons (Fsp3) is 0.174. The van der Waals surface area contributed by atoms with Gasteiger partial charge in [-0.2, -0.15) is 4.72 Å². The fourth-order valence-corrected chi connectivity index (χ4v) is 4.53. The van der Waals surface area contributed by atoms with Gasteiger partial charge in [0.05, 0.1) is 13.2 Å². The molecule has 0 aromatic heterocycles. The number of anilines is 1. The van der Waals surface area contributed by atoms with Crippen molar-refractivity contribution in [2.24, 2.45) is 0 Å². The molecule has 0 saturated carbocycles. The summed E-state index contributed by atoms with van der Waals surface area (Å²) in [6, 6.07) is 20.9. The zero-order valence-electron chi connectivity index (χ0n) is 17.0. The van der Waals surface area contributed by atoms with E-state index < -0.39 is 16.1 Å². The number of nitrogens with one attached hydrogen (secondary N) is 2. The standard InChI is InChI=1S/C23H24N2O4S/c1-16-9-11-19(12-10-16)23(18-7-5-4-6-8-18)25-30(27,28)22-15-20(24-17(2)26)13-14-21(22)29-3/h4-15,23,25H,1-3H3,(H,24,26)/t23-/m0/s1. The smallest absolute Gasteiger partial charge is 0.245 e. The van der Waals surface area contributed by atoms with Crippen molar-refractivity contribution >= 4 is 21.6 Å². The predicted octanol–water partition coefficient (Wildman–Crippen LogP) is 4.03. The van der Waals surface area contributed by atoms with Gasteiger partial charge < -0.3 is 10.1 Å². The van der Waals surface area contributed by atoms with Crippen LogP contribution in [0.2, 0.25) is 0 Å². The lowest BCUT2D eigenvalue weighted by molar-refractivity contribution is -0.114. The van der Waals surface area contributed by atoms with E-state index in [4.69, 9.17) is 4.74 Å². The third-order valence-corrected chi connectivity index (χ3v) is 6.03. The summed E-state index contributed by atoms with van der Waals surface area (Å²) in [6.45, 7) is 3.34. The monoisotopic (exact) mass is 424 g/mol. The highest BCUT2D eigenvalue weighted by atomic mass is 32.2. The van der Waals surface area contributed by atoms with Gasteiger partial charge in [0.1, 0.15) is 10.6 Å². The maximum absolute atomic E-state index is 13.4. The average Bonchev–Trinajstić information content (AvgIpc) is 2.73. The van der Waals surface area contributed by atoms with Gasteiger partial charge in [-0.05, 0) is 36.2 Å². The van der Waals surface area contributed by atoms with E-state index in [1.165, 1.54) is 26.2 Å². The molecule has 0 spiro atoms. The molecule has 0 fully saturated rings. The number of benzene rings is 3. The molecule has 1 atom stereocenters. The largest absolute Gasteiger partial charge is 0.495 e. The summed E-state index contributed by atoms with van der Waals surface area (Å²) in [7, 11) is -2.59. The number of aryl methyl sites for hydroxylation is 1. The topological polar surface area (TPSA) is 84.5 Å². The van der Waals surface area contributed by atoms with Crippen LogP contribution in [-0.2, 0) is 14.8 Å². The molecule has 0 heterocycles. The molecule has 1 amide bonds. The SMILES string of the molecule is COc1ccc(NC(C)=O)cc1S(=O)(=O)N[C@@H](c1ccccc1)c1ccc(C)cc1. The first-order valence-corrected chi connectivity index (χ1v) is 10.9. The lowest BCUT2D eigenvalue weighted by Gasteiger charge is -2.21. The third-order valence-electron chi connectivity index (χ3n) is 4.59. The molecule has 6 nitrogen and oxygen atoms in total. The van der Waals surface area contributed by atoms with Crippen LogP contribution in [0.15, 0.2) is 77.7 Å². The Labute approximate surface area is 177 Å². The molecule has 3 aromatic rings. The van der Waals surface area contributed by atoms with Gasteiger partial charge in [0.2, 0.25) is 15.9 Å². The van der Waals surface area contributed by atoms with Crippen molar-refractivity contribution < 1.29 is 17.9 Å². The fourth-order valence-electron chi connectivity index (χ4n) is 3.12. The Morgan fingerprint density at radius 2 is 1.57 bits per heavy atom. The summed E-state index contributed by atoms with van der Waals surface area (Å²) >= 11 is 0. The summed E-state index contributed by atoms with van der Waals surface area (Å²) in [6.07, 6.45) is 0. The number of sulfonamides is 1. The summed E-state index contributed by atoms with van der Waals surface area (Å²) in [5.74, 6) is -0.106. The third kappa shape index (κ3) is 5.06. The molecule has 7 heteroatoms. The summed E-state index contributed by atoms with van der Waals surface area (Å²) in [4.78, 5) is 11.3. The number of hydrogen-bond acceptors (Lipinski definition) is 4. The Hall–Kier alpha value is -3.16. The number of carbonyl (C=O) groups excluding carboxylic acids is 1. The Balaban J connectivity index is 2.05. The van der Waals surface area contributed by atoms with Crippen LogP contribution in [0.4, 0.5) is 5.69 Å². The van der Waals surface area contributed by atoms with Gasteiger partial charge in [-0.1, -0.05) is 60.2 Å². The van der Waals surface area contributed by atoms with E-state index in [9.17, 15) is 13.2 Å². The van der Waals surface area contributed by atoms with Crippen molar-refractivity contribution in [3.05, 3.63) is 89.5 Å². The maximum Gasteiger partial charge on any atom is 0.245 e. The van der Waals surface area contributed by atoms with Crippen LogP contribution in [0.3, 0.4) is 0 Å². The summed E-state index contributed by atoms with van der Waals surface area (Å²) in [5.41, 5.74) is 3.07. The van der Waals surface area contributed by atoms with Gasteiger partial charge in [-0.25, -0.2) is 8.42 Å². The second kappa shape index (κ2) is 9.11. The highest BCUT2D eigenvalue weighted by Crippen LogP contribution is 2.30. The van der Waals surface area contributed by atoms with Gasteiger partial charge in [0, 0.05) is 12.6 Å². The molecule has 0 bridgehead atoms. The number of ether oxygens (including phenoxy) is 1. The normalized spacial score (nSPS) is 12.2. The lowest BCUT2D eigenvalue weighted by atomic mass is 9.99. The van der Waals surface area contributed by atoms with Crippen molar-refractivity contribution in [1.29, 1.82) is 0 Å². The molecule has 156 valence electrons. The van der Waals surface area contributed by atoms with E-state index in [2.05, 4.69) is 10.0 Å². The van der Waals surface area contributed by atoms with Gasteiger partial charge in [0.15, 0.2) is 0 Å². The van der Waals surface area contributed by atoms with Crippen LogP contribution in [0.25, 0.3) is 0 Å². The van der Waals surface area contributed by atoms with Crippen LogP contribution in [0.5, 0.6) is 5.75 Å². The minimum Gasteiger partial charge on any atom is -0.495 e. The lowest BCUT2D eigenvalue weighted by Crippen LogP contribution is -2.30. The Kier molecular flexibility index (Phi) is 6.54. The molecule has 0 aliphatic heterocycles. The van der Waals surface area contributed by atoms with E-state index >= 15 is 0 Å². The number of amides is 1. The Morgan fingerprint density at radius 3 is 2.17 bits per heavy atom. The molecule has 2 N–H and O–H groups in total. The second-order valence-corrected chi connectivity index (χ2v) is 8.60. The molecular weight excluding hydrogens is 400 g/mol. The molecule has 0 aliphatic carbocycles. The summed E-state index contributed by atoms with van der Waals surface area (Å²) in [5, 5.41) is 2.60. The average molecular weight is 425 g/mol. The van der Waals surface area contributed by atoms with Crippen molar-refractivity contribution in [2.45, 2.75) is 24.8 Å². The molecule has 3 rings (SSSR count). The number of carbonyl (C=O) groups is 1. The Morgan fingerprint density at radius 1 is 0.933 bits per heavy atom. The van der Waals surface area contributed by atoms with E-state index in [1.54, 1.807) is 6.07 Å². The van der Waals surface area contributed by atoms with Gasteiger partial charge in [0.25, 0.3) is 0 Å². The number of hydrogen-bond donors (Lipinski definition) is 2. The number of rotatable bonds is 7. The zero-order chi connectivity index (χ0) is 21.7. The molecule has 0 radical (unpaired) electrons. The van der Waals surface area contributed by atoms with Gasteiger partial charge in [-0.3, -0.25) is 4.79 Å². The Bertz CT molecular complexity index is 1130. The van der Waals surface area contributed by atoms with Crippen LogP contribution in [0, 0.1) is 6.92 Å². The van der Waals surface area contributed by atoms with E-state index in [-0.39, 0.29) is 16.6 Å². The van der Waals surface area contributed by atoms with Crippen molar-refractivity contribution in [1.82, 2.24) is 4.72 Å². The van der Waals surface area contributed by atoms with Crippen molar-refractivity contribution in [2.75, 3.05) is 12.4 Å². The van der Waals surface area contributed by atoms with E-state index in [0.29, 0.717) is 5.69 Å². The van der Waals surface area contributed by atoms with Crippen LogP contribution >= 0.6 is 0 Å². The first-order valence-electron chi connectivity index (χ1n) is 9.39. The van der Waals surface area contributed by atoms with Crippen LogP contribution in [-0.4, -0.2) is 21.4 Å². The molecule has 30 heavy (non-hydrogen) atoms. The van der Waals surface area contributed by atoms with E-state index in [0.717, 1.165) is 16.7 Å². The zero-order valence-corrected chi connectivity index (χ0v) is 17.9. The maximum atomic E-state index is 13.4. The van der Waals surface area contributed by atoms with Gasteiger partial charge >= 0.3 is 0 Å². The minimum absolute atomic E-state index is 0.0516. The molecular formula is C23H24N2O4S. The molecule has 0 saturated heterocycles.